The second kappa shape index (κ2) is 8.00. The van der Waals surface area contributed by atoms with Crippen molar-refractivity contribution in [3.05, 3.63) is 71.4 Å². The van der Waals surface area contributed by atoms with Crippen LogP contribution in [0.1, 0.15) is 12.5 Å². The maximum atomic E-state index is 13.3. The largest absolute Gasteiger partial charge is 0.364 e. The summed E-state index contributed by atoms with van der Waals surface area (Å²) in [6, 6.07) is 15.8. The first-order valence-electron chi connectivity index (χ1n) is 7.79. The number of anilines is 1. The Labute approximate surface area is 149 Å². The highest BCUT2D eigenvalue weighted by Crippen LogP contribution is 2.25. The van der Waals surface area contributed by atoms with Gasteiger partial charge in [-0.1, -0.05) is 42.5 Å². The lowest BCUT2D eigenvalue weighted by Gasteiger charge is -2.12. The van der Waals surface area contributed by atoms with Gasteiger partial charge in [0.25, 0.3) is 5.91 Å². The molecule has 1 N–H and O–H groups in total. The van der Waals surface area contributed by atoms with Crippen molar-refractivity contribution in [2.75, 3.05) is 5.32 Å². The summed E-state index contributed by atoms with van der Waals surface area (Å²) in [5.74, 6) is -0.588. The first kappa shape index (κ1) is 17.3. The van der Waals surface area contributed by atoms with Crippen LogP contribution in [0.2, 0.25) is 0 Å². The molecule has 3 rings (SSSR count). The second-order valence-corrected chi connectivity index (χ2v) is 6.33. The van der Waals surface area contributed by atoms with Gasteiger partial charge in [0.15, 0.2) is 5.13 Å². The fraction of sp³-hybridized carbons (Fsp3) is 0.158. The Kier molecular flexibility index (Phi) is 5.53. The number of amides is 1. The molecule has 1 aromatic heterocycles. The van der Waals surface area contributed by atoms with Crippen molar-refractivity contribution >= 4 is 22.4 Å². The Morgan fingerprint density at radius 3 is 2.80 bits per heavy atom. The van der Waals surface area contributed by atoms with Gasteiger partial charge in [0.1, 0.15) is 11.9 Å². The van der Waals surface area contributed by atoms with E-state index in [2.05, 4.69) is 10.3 Å². The number of halogens is 1. The molecular formula is C19H17FN2O2S. The van der Waals surface area contributed by atoms with Crippen molar-refractivity contribution in [3.8, 4) is 11.3 Å². The Hall–Kier alpha value is -2.57. The van der Waals surface area contributed by atoms with Crippen molar-refractivity contribution in [2.24, 2.45) is 0 Å². The van der Waals surface area contributed by atoms with Crippen molar-refractivity contribution in [3.63, 3.8) is 0 Å². The van der Waals surface area contributed by atoms with E-state index in [0.29, 0.717) is 23.0 Å². The maximum Gasteiger partial charge on any atom is 0.255 e. The van der Waals surface area contributed by atoms with E-state index in [1.165, 1.54) is 23.5 Å². The van der Waals surface area contributed by atoms with Gasteiger partial charge in [-0.3, -0.25) is 10.1 Å². The predicted molar refractivity (Wildman–Crippen MR) is 96.8 cm³/mol. The molecule has 128 valence electrons. The highest BCUT2D eigenvalue weighted by Gasteiger charge is 2.15. The van der Waals surface area contributed by atoms with Crippen molar-refractivity contribution in [1.29, 1.82) is 0 Å². The predicted octanol–water partition coefficient (Wildman–Crippen LogP) is 4.49. The van der Waals surface area contributed by atoms with E-state index in [0.717, 1.165) is 5.56 Å². The number of ether oxygens (including phenoxy) is 1. The molecular weight excluding hydrogens is 339 g/mol. The molecule has 6 heteroatoms. The number of benzene rings is 2. The number of hydrogen-bond donors (Lipinski definition) is 1. The van der Waals surface area contributed by atoms with Gasteiger partial charge < -0.3 is 4.74 Å². The van der Waals surface area contributed by atoms with Crippen LogP contribution < -0.4 is 5.32 Å². The molecule has 0 radical (unpaired) electrons. The Morgan fingerprint density at radius 2 is 2.04 bits per heavy atom. The third kappa shape index (κ3) is 4.71. The zero-order chi connectivity index (χ0) is 17.6. The number of aromatic nitrogens is 1. The number of rotatable bonds is 6. The lowest BCUT2D eigenvalue weighted by molar-refractivity contribution is -0.127. The third-order valence-electron chi connectivity index (χ3n) is 3.57. The second-order valence-electron chi connectivity index (χ2n) is 5.48. The molecule has 2 aromatic carbocycles. The lowest BCUT2D eigenvalue weighted by atomic mass is 10.2. The highest BCUT2D eigenvalue weighted by molar-refractivity contribution is 7.14. The summed E-state index contributed by atoms with van der Waals surface area (Å²) in [7, 11) is 0. The van der Waals surface area contributed by atoms with Crippen LogP contribution in [0.5, 0.6) is 0 Å². The van der Waals surface area contributed by atoms with E-state index in [9.17, 15) is 9.18 Å². The van der Waals surface area contributed by atoms with Gasteiger partial charge in [-0.05, 0) is 24.6 Å². The average Bonchev–Trinajstić information content (AvgIpc) is 3.09. The number of carbonyl (C=O) groups is 1. The van der Waals surface area contributed by atoms with Gasteiger partial charge in [-0.2, -0.15) is 0 Å². The highest BCUT2D eigenvalue weighted by atomic mass is 32.1. The van der Waals surface area contributed by atoms with Gasteiger partial charge >= 0.3 is 0 Å². The van der Waals surface area contributed by atoms with Gasteiger partial charge in [0.2, 0.25) is 0 Å². The summed E-state index contributed by atoms with van der Waals surface area (Å²) >= 11 is 1.29. The molecule has 0 bridgehead atoms. The zero-order valence-corrected chi connectivity index (χ0v) is 14.4. The minimum Gasteiger partial charge on any atom is -0.364 e. The lowest BCUT2D eigenvalue weighted by Crippen LogP contribution is -2.27. The Morgan fingerprint density at radius 1 is 1.24 bits per heavy atom. The zero-order valence-electron chi connectivity index (χ0n) is 13.6. The standard InChI is InChI=1S/C19H17FN2O2S/c1-13(24-11-14-6-3-2-4-7-14)18(23)22-19-21-17(12-25-19)15-8-5-9-16(20)10-15/h2-10,12-13H,11H2,1H3,(H,21,22,23)/t13-/m0/s1. The summed E-state index contributed by atoms with van der Waals surface area (Å²) in [5, 5.41) is 4.97. The van der Waals surface area contributed by atoms with Gasteiger partial charge in [-0.15, -0.1) is 11.3 Å². The molecule has 0 saturated heterocycles. The van der Waals surface area contributed by atoms with Crippen LogP contribution in [0.4, 0.5) is 9.52 Å². The molecule has 0 fully saturated rings. The van der Waals surface area contributed by atoms with Crippen molar-refractivity contribution in [2.45, 2.75) is 19.6 Å². The number of thiazole rings is 1. The minimum atomic E-state index is -0.610. The first-order chi connectivity index (χ1) is 12.1. The molecule has 0 spiro atoms. The smallest absolute Gasteiger partial charge is 0.255 e. The number of carbonyl (C=O) groups excluding carboxylic acids is 1. The molecule has 1 amide bonds. The molecule has 0 aliphatic carbocycles. The Bertz CT molecular complexity index is 851. The van der Waals surface area contributed by atoms with E-state index in [-0.39, 0.29) is 11.7 Å². The van der Waals surface area contributed by atoms with Gasteiger partial charge in [-0.25, -0.2) is 9.37 Å². The molecule has 25 heavy (non-hydrogen) atoms. The van der Waals surface area contributed by atoms with Gasteiger partial charge in [0.05, 0.1) is 12.3 Å². The van der Waals surface area contributed by atoms with Crippen LogP contribution in [-0.2, 0) is 16.1 Å². The SMILES string of the molecule is C[C@H](OCc1ccccc1)C(=O)Nc1nc(-c2cccc(F)c2)cs1. The van der Waals surface area contributed by atoms with Crippen LogP contribution in [0, 0.1) is 5.82 Å². The average molecular weight is 356 g/mol. The number of nitrogens with zero attached hydrogens (tertiary/aromatic N) is 1. The van der Waals surface area contributed by atoms with Crippen LogP contribution in [0.15, 0.2) is 60.0 Å². The molecule has 0 saturated carbocycles. The van der Waals surface area contributed by atoms with Gasteiger partial charge in [0, 0.05) is 10.9 Å². The molecule has 4 nitrogen and oxygen atoms in total. The molecule has 1 atom stereocenters. The summed E-state index contributed by atoms with van der Waals surface area (Å²) in [6.45, 7) is 2.06. The molecule has 0 unspecified atom stereocenters. The first-order valence-corrected chi connectivity index (χ1v) is 8.67. The summed E-state index contributed by atoms with van der Waals surface area (Å²) in [6.07, 6.45) is -0.610. The van der Waals surface area contributed by atoms with Crippen molar-refractivity contribution in [1.82, 2.24) is 4.98 Å². The summed E-state index contributed by atoms with van der Waals surface area (Å²) in [5.41, 5.74) is 2.30. The molecule has 0 aliphatic heterocycles. The van der Waals surface area contributed by atoms with Crippen LogP contribution >= 0.6 is 11.3 Å². The third-order valence-corrected chi connectivity index (χ3v) is 4.32. The van der Waals surface area contributed by atoms with Crippen LogP contribution in [0.3, 0.4) is 0 Å². The fourth-order valence-electron chi connectivity index (χ4n) is 2.19. The van der Waals surface area contributed by atoms with Crippen LogP contribution in [0.25, 0.3) is 11.3 Å². The summed E-state index contributed by atoms with van der Waals surface area (Å²) in [4.78, 5) is 16.5. The molecule has 0 aliphatic rings. The van der Waals surface area contributed by atoms with E-state index in [1.807, 2.05) is 30.3 Å². The monoisotopic (exact) mass is 356 g/mol. The van der Waals surface area contributed by atoms with Crippen molar-refractivity contribution < 1.29 is 13.9 Å². The summed E-state index contributed by atoms with van der Waals surface area (Å²) < 4.78 is 18.9. The fourth-order valence-corrected chi connectivity index (χ4v) is 2.91. The number of hydrogen-bond acceptors (Lipinski definition) is 4. The minimum absolute atomic E-state index is 0.268. The topological polar surface area (TPSA) is 51.2 Å². The maximum absolute atomic E-state index is 13.3. The molecule has 3 aromatic rings. The Balaban J connectivity index is 1.57. The van der Waals surface area contributed by atoms with Crippen LogP contribution in [-0.4, -0.2) is 17.0 Å². The van der Waals surface area contributed by atoms with E-state index < -0.39 is 6.10 Å². The van der Waals surface area contributed by atoms with E-state index in [4.69, 9.17) is 4.74 Å². The molecule has 1 heterocycles. The van der Waals surface area contributed by atoms with E-state index in [1.54, 1.807) is 24.4 Å². The van der Waals surface area contributed by atoms with E-state index >= 15 is 0 Å². The normalized spacial score (nSPS) is 11.9. The number of nitrogens with one attached hydrogen (secondary N) is 1. The quantitative estimate of drug-likeness (QED) is 0.708.